The van der Waals surface area contributed by atoms with Gasteiger partial charge in [0.2, 0.25) is 0 Å². The first-order chi connectivity index (χ1) is 10.2. The fourth-order valence-electron chi connectivity index (χ4n) is 2.63. The Labute approximate surface area is 134 Å². The largest absolute Gasteiger partial charge is 0.370 e. The molecule has 1 aliphatic rings. The van der Waals surface area contributed by atoms with Gasteiger partial charge in [-0.15, -0.1) is 0 Å². The van der Waals surface area contributed by atoms with E-state index in [9.17, 15) is 0 Å². The second-order valence-corrected chi connectivity index (χ2v) is 6.13. The Kier molecular flexibility index (Phi) is 4.32. The molecule has 0 radical (unpaired) electrons. The quantitative estimate of drug-likeness (QED) is 0.882. The number of aryl methyl sites for hydroxylation is 1. The maximum absolute atomic E-state index is 6.09. The first kappa shape index (κ1) is 14.6. The molecule has 0 saturated carbocycles. The Hall–Kier alpha value is -1.32. The van der Waals surface area contributed by atoms with Crippen LogP contribution in [0.5, 0.6) is 0 Å². The number of nitrogens with zero attached hydrogens (tertiary/aromatic N) is 2. The van der Waals surface area contributed by atoms with E-state index in [0.29, 0.717) is 15.9 Å². The fraction of sp³-hybridized carbons (Fsp3) is 0.375. The molecular weight excluding hydrogens is 305 g/mol. The number of halogens is 2. The van der Waals surface area contributed by atoms with Crippen molar-refractivity contribution in [2.45, 2.75) is 32.6 Å². The zero-order chi connectivity index (χ0) is 14.8. The molecule has 1 heterocycles. The van der Waals surface area contributed by atoms with E-state index in [1.165, 1.54) is 5.56 Å². The first-order valence-electron chi connectivity index (χ1n) is 7.27. The van der Waals surface area contributed by atoms with Crippen molar-refractivity contribution in [3.8, 4) is 11.4 Å². The van der Waals surface area contributed by atoms with E-state index >= 15 is 0 Å². The zero-order valence-corrected chi connectivity index (χ0v) is 13.4. The van der Waals surface area contributed by atoms with E-state index in [2.05, 4.69) is 12.2 Å². The molecule has 0 amide bonds. The number of hydrogen-bond acceptors (Lipinski definition) is 3. The molecule has 2 aromatic rings. The van der Waals surface area contributed by atoms with Gasteiger partial charge in [-0.1, -0.05) is 30.1 Å². The van der Waals surface area contributed by atoms with Crippen molar-refractivity contribution in [3.63, 3.8) is 0 Å². The maximum atomic E-state index is 6.09. The number of fused-ring (bicyclic) bond motifs is 1. The summed E-state index contributed by atoms with van der Waals surface area (Å²) >= 11 is 12.2. The highest BCUT2D eigenvalue weighted by molar-refractivity contribution is 6.35. The van der Waals surface area contributed by atoms with Gasteiger partial charge in [-0.25, -0.2) is 9.97 Å². The minimum absolute atomic E-state index is 0.602. The van der Waals surface area contributed by atoms with E-state index in [1.807, 2.05) is 12.1 Å². The van der Waals surface area contributed by atoms with Gasteiger partial charge in [0.25, 0.3) is 0 Å². The predicted octanol–water partition coefficient (Wildman–Crippen LogP) is 4.76. The number of anilines is 1. The Balaban J connectivity index is 2.06. The molecule has 1 N–H and O–H groups in total. The summed E-state index contributed by atoms with van der Waals surface area (Å²) in [5.41, 5.74) is 3.27. The van der Waals surface area contributed by atoms with Crippen LogP contribution in [0.15, 0.2) is 18.2 Å². The van der Waals surface area contributed by atoms with Crippen LogP contribution in [0, 0.1) is 0 Å². The van der Waals surface area contributed by atoms with E-state index in [1.54, 1.807) is 6.07 Å². The zero-order valence-electron chi connectivity index (χ0n) is 11.9. The Morgan fingerprint density at radius 3 is 2.57 bits per heavy atom. The lowest BCUT2D eigenvalue weighted by Gasteiger charge is -2.12. The second-order valence-electron chi connectivity index (χ2n) is 5.26. The van der Waals surface area contributed by atoms with Gasteiger partial charge in [0.1, 0.15) is 5.82 Å². The van der Waals surface area contributed by atoms with Crippen LogP contribution in [-0.4, -0.2) is 16.5 Å². The molecule has 0 fully saturated rings. The Bertz CT molecular complexity index is 651. The summed E-state index contributed by atoms with van der Waals surface area (Å²) in [7, 11) is 0. The van der Waals surface area contributed by atoms with E-state index in [-0.39, 0.29) is 0 Å². The standard InChI is InChI=1S/C16H17Cl2N3/c1-2-6-19-16-13-4-3-5-14(13)20-15(21-16)10-7-11(17)9-12(18)8-10/h7-9H,2-6H2,1H3,(H,19,20,21). The molecule has 0 unspecified atom stereocenters. The topological polar surface area (TPSA) is 37.8 Å². The Morgan fingerprint density at radius 1 is 1.10 bits per heavy atom. The molecule has 3 rings (SSSR count). The summed E-state index contributed by atoms with van der Waals surface area (Å²) in [5, 5.41) is 4.62. The van der Waals surface area contributed by atoms with Crippen LogP contribution in [-0.2, 0) is 12.8 Å². The van der Waals surface area contributed by atoms with Gasteiger partial charge in [-0.05, 0) is 43.9 Å². The predicted molar refractivity (Wildman–Crippen MR) is 88.3 cm³/mol. The highest BCUT2D eigenvalue weighted by atomic mass is 35.5. The summed E-state index contributed by atoms with van der Waals surface area (Å²) in [5.74, 6) is 1.66. The summed E-state index contributed by atoms with van der Waals surface area (Å²) in [6.45, 7) is 3.06. The fourth-order valence-corrected chi connectivity index (χ4v) is 3.16. The smallest absolute Gasteiger partial charge is 0.161 e. The number of rotatable bonds is 4. The van der Waals surface area contributed by atoms with Crippen molar-refractivity contribution in [1.82, 2.24) is 9.97 Å². The molecule has 0 spiro atoms. The van der Waals surface area contributed by atoms with Gasteiger partial charge in [-0.2, -0.15) is 0 Å². The summed E-state index contributed by atoms with van der Waals surface area (Å²) < 4.78 is 0. The van der Waals surface area contributed by atoms with Gasteiger partial charge >= 0.3 is 0 Å². The lowest BCUT2D eigenvalue weighted by Crippen LogP contribution is -2.08. The second kappa shape index (κ2) is 6.20. The van der Waals surface area contributed by atoms with Gasteiger partial charge in [-0.3, -0.25) is 0 Å². The molecule has 1 aliphatic carbocycles. The van der Waals surface area contributed by atoms with Crippen LogP contribution in [0.25, 0.3) is 11.4 Å². The molecule has 0 bridgehead atoms. The molecule has 1 aromatic carbocycles. The van der Waals surface area contributed by atoms with Crippen LogP contribution >= 0.6 is 23.2 Å². The molecular formula is C16H17Cl2N3. The van der Waals surface area contributed by atoms with Gasteiger partial charge < -0.3 is 5.32 Å². The molecule has 110 valence electrons. The first-order valence-corrected chi connectivity index (χ1v) is 8.03. The highest BCUT2D eigenvalue weighted by Crippen LogP contribution is 2.31. The van der Waals surface area contributed by atoms with Crippen LogP contribution < -0.4 is 5.32 Å². The maximum Gasteiger partial charge on any atom is 0.161 e. The molecule has 3 nitrogen and oxygen atoms in total. The lowest BCUT2D eigenvalue weighted by atomic mass is 10.2. The van der Waals surface area contributed by atoms with E-state index in [0.717, 1.165) is 49.3 Å². The SMILES string of the molecule is CCCNc1nc(-c2cc(Cl)cc(Cl)c2)nc2c1CCC2. The lowest BCUT2D eigenvalue weighted by molar-refractivity contribution is 0.899. The van der Waals surface area contributed by atoms with Crippen molar-refractivity contribution in [2.24, 2.45) is 0 Å². The highest BCUT2D eigenvalue weighted by Gasteiger charge is 2.20. The molecule has 0 saturated heterocycles. The third-order valence-corrected chi connectivity index (χ3v) is 4.03. The minimum Gasteiger partial charge on any atom is -0.370 e. The van der Waals surface area contributed by atoms with Crippen LogP contribution in [0.1, 0.15) is 31.0 Å². The molecule has 0 atom stereocenters. The van der Waals surface area contributed by atoms with Crippen LogP contribution in [0.2, 0.25) is 10.0 Å². The van der Waals surface area contributed by atoms with Crippen molar-refractivity contribution in [2.75, 3.05) is 11.9 Å². The van der Waals surface area contributed by atoms with E-state index in [4.69, 9.17) is 33.2 Å². The molecule has 5 heteroatoms. The third-order valence-electron chi connectivity index (χ3n) is 3.60. The summed E-state index contributed by atoms with van der Waals surface area (Å²) in [6, 6.07) is 5.43. The minimum atomic E-state index is 0.602. The number of nitrogens with one attached hydrogen (secondary N) is 1. The molecule has 1 aromatic heterocycles. The van der Waals surface area contributed by atoms with Gasteiger partial charge in [0.05, 0.1) is 0 Å². The van der Waals surface area contributed by atoms with Crippen molar-refractivity contribution in [3.05, 3.63) is 39.5 Å². The molecule has 21 heavy (non-hydrogen) atoms. The summed E-state index contributed by atoms with van der Waals surface area (Å²) in [4.78, 5) is 9.40. The monoisotopic (exact) mass is 321 g/mol. The Morgan fingerprint density at radius 2 is 1.86 bits per heavy atom. The van der Waals surface area contributed by atoms with Crippen molar-refractivity contribution < 1.29 is 0 Å². The normalized spacial score (nSPS) is 13.3. The average molecular weight is 322 g/mol. The molecule has 0 aliphatic heterocycles. The average Bonchev–Trinajstić information content (AvgIpc) is 2.92. The van der Waals surface area contributed by atoms with E-state index < -0.39 is 0 Å². The number of aromatic nitrogens is 2. The third kappa shape index (κ3) is 3.14. The number of hydrogen-bond donors (Lipinski definition) is 1. The van der Waals surface area contributed by atoms with Gasteiger partial charge in [0.15, 0.2) is 5.82 Å². The van der Waals surface area contributed by atoms with Crippen molar-refractivity contribution in [1.29, 1.82) is 0 Å². The van der Waals surface area contributed by atoms with Crippen molar-refractivity contribution >= 4 is 29.0 Å². The summed E-state index contributed by atoms with van der Waals surface area (Å²) in [6.07, 6.45) is 4.28. The van der Waals surface area contributed by atoms with Crippen LogP contribution in [0.4, 0.5) is 5.82 Å². The van der Waals surface area contributed by atoms with Gasteiger partial charge in [0, 0.05) is 33.4 Å². The van der Waals surface area contributed by atoms with Crippen LogP contribution in [0.3, 0.4) is 0 Å². The number of benzene rings is 1.